The summed E-state index contributed by atoms with van der Waals surface area (Å²) in [7, 11) is 1.34. The van der Waals surface area contributed by atoms with Crippen LogP contribution in [0.15, 0.2) is 72.8 Å². The molecule has 0 aliphatic rings. The van der Waals surface area contributed by atoms with Gasteiger partial charge in [0.2, 0.25) is 0 Å². The van der Waals surface area contributed by atoms with Gasteiger partial charge in [-0.2, -0.15) is 0 Å². The Labute approximate surface area is 173 Å². The lowest BCUT2D eigenvalue weighted by Gasteiger charge is -2.19. The lowest BCUT2D eigenvalue weighted by atomic mass is 10.1. The number of hydrogen-bond donors (Lipinski definition) is 3. The second-order valence-corrected chi connectivity index (χ2v) is 6.51. The molecule has 0 aromatic heterocycles. The van der Waals surface area contributed by atoms with E-state index in [9.17, 15) is 9.18 Å². The number of nitrogens with two attached hydrogens (primary N) is 1. The molecule has 0 saturated heterocycles. The number of nitrogen functional groups attached to an aromatic ring is 1. The van der Waals surface area contributed by atoms with Crippen molar-refractivity contribution in [2.75, 3.05) is 7.11 Å². The molecule has 4 N–H and O–H groups in total. The van der Waals surface area contributed by atoms with Gasteiger partial charge in [-0.3, -0.25) is 10.2 Å². The Bertz CT molecular complexity index is 1020. The van der Waals surface area contributed by atoms with E-state index in [-0.39, 0.29) is 23.7 Å². The highest BCUT2D eigenvalue weighted by Gasteiger charge is 2.27. The summed E-state index contributed by atoms with van der Waals surface area (Å²) >= 11 is 0. The first kappa shape index (κ1) is 21.0. The van der Waals surface area contributed by atoms with E-state index in [1.807, 2.05) is 6.07 Å². The van der Waals surface area contributed by atoms with Crippen LogP contribution in [-0.4, -0.2) is 18.9 Å². The molecule has 6 nitrogen and oxygen atoms in total. The minimum atomic E-state index is -1.19. The first-order valence-corrected chi connectivity index (χ1v) is 9.24. The van der Waals surface area contributed by atoms with Crippen molar-refractivity contribution in [2.24, 2.45) is 5.73 Å². The van der Waals surface area contributed by atoms with E-state index in [2.05, 4.69) is 5.32 Å². The van der Waals surface area contributed by atoms with Crippen LogP contribution in [0.2, 0.25) is 0 Å². The molecule has 154 valence electrons. The van der Waals surface area contributed by atoms with Gasteiger partial charge in [0, 0.05) is 19.2 Å². The maximum atomic E-state index is 14.7. The van der Waals surface area contributed by atoms with E-state index in [4.69, 9.17) is 20.6 Å². The summed E-state index contributed by atoms with van der Waals surface area (Å²) in [5.41, 5.74) is 6.86. The molecule has 30 heavy (non-hydrogen) atoms. The zero-order chi connectivity index (χ0) is 21.5. The first-order chi connectivity index (χ1) is 14.5. The van der Waals surface area contributed by atoms with Crippen molar-refractivity contribution >= 4 is 11.7 Å². The second kappa shape index (κ2) is 9.67. The smallest absolute Gasteiger partial charge is 0.254 e. The molecule has 7 heteroatoms. The number of nitrogens with one attached hydrogen (secondary N) is 2. The molecule has 0 aliphatic heterocycles. The van der Waals surface area contributed by atoms with Gasteiger partial charge in [0.25, 0.3) is 5.91 Å². The molecule has 0 saturated carbocycles. The van der Waals surface area contributed by atoms with Gasteiger partial charge < -0.3 is 20.5 Å². The molecular weight excluding hydrogens is 385 g/mol. The number of hydrogen-bond acceptors (Lipinski definition) is 4. The Morgan fingerprint density at radius 1 is 1.07 bits per heavy atom. The molecule has 0 radical (unpaired) electrons. The summed E-state index contributed by atoms with van der Waals surface area (Å²) in [4.78, 5) is 12.8. The highest BCUT2D eigenvalue weighted by atomic mass is 19.1. The number of amidine groups is 1. The number of para-hydroxylation sites is 1. The maximum absolute atomic E-state index is 14.7. The van der Waals surface area contributed by atoms with Gasteiger partial charge in [0.15, 0.2) is 6.10 Å². The third-order valence-corrected chi connectivity index (χ3v) is 4.45. The number of rotatable bonds is 8. The van der Waals surface area contributed by atoms with Crippen LogP contribution >= 0.6 is 0 Å². The fraction of sp³-hybridized carbons (Fsp3) is 0.130. The van der Waals surface area contributed by atoms with Crippen LogP contribution in [0.1, 0.15) is 22.8 Å². The SMILES string of the molecule is CO[C@H](C(=O)NCc1ccc(C(=N)N)cc1)c1c(F)cccc1Oc1ccccc1. The second-order valence-electron chi connectivity index (χ2n) is 6.51. The average molecular weight is 407 g/mol. The van der Waals surface area contributed by atoms with E-state index >= 15 is 0 Å². The van der Waals surface area contributed by atoms with Crippen LogP contribution in [0.5, 0.6) is 11.5 Å². The summed E-state index contributed by atoms with van der Waals surface area (Å²) in [5.74, 6) is -0.415. The molecule has 0 aliphatic carbocycles. The highest BCUT2D eigenvalue weighted by Crippen LogP contribution is 2.33. The number of ether oxygens (including phenoxy) is 2. The quantitative estimate of drug-likeness (QED) is 0.390. The highest BCUT2D eigenvalue weighted by molar-refractivity contribution is 5.94. The Morgan fingerprint density at radius 2 is 1.77 bits per heavy atom. The lowest BCUT2D eigenvalue weighted by Crippen LogP contribution is -2.30. The van der Waals surface area contributed by atoms with Crippen molar-refractivity contribution in [1.82, 2.24) is 5.32 Å². The molecule has 1 atom stereocenters. The van der Waals surface area contributed by atoms with Gasteiger partial charge in [-0.25, -0.2) is 4.39 Å². The predicted molar refractivity (Wildman–Crippen MR) is 112 cm³/mol. The number of carbonyl (C=O) groups excluding carboxylic acids is 1. The summed E-state index contributed by atoms with van der Waals surface area (Å²) < 4.78 is 25.8. The minimum Gasteiger partial charge on any atom is -0.457 e. The van der Waals surface area contributed by atoms with Crippen LogP contribution in [0.4, 0.5) is 4.39 Å². The first-order valence-electron chi connectivity index (χ1n) is 9.24. The Balaban J connectivity index is 1.77. The molecular formula is C23H22FN3O3. The minimum absolute atomic E-state index is 0.0216. The van der Waals surface area contributed by atoms with Crippen molar-refractivity contribution in [3.05, 3.63) is 95.3 Å². The maximum Gasteiger partial charge on any atom is 0.254 e. The van der Waals surface area contributed by atoms with Crippen molar-refractivity contribution in [3.63, 3.8) is 0 Å². The predicted octanol–water partition coefficient (Wildman–Crippen LogP) is 3.91. The molecule has 0 bridgehead atoms. The van der Waals surface area contributed by atoms with E-state index in [0.29, 0.717) is 11.3 Å². The Hall–Kier alpha value is -3.71. The van der Waals surface area contributed by atoms with Crippen molar-refractivity contribution in [1.29, 1.82) is 5.41 Å². The molecule has 3 aromatic carbocycles. The van der Waals surface area contributed by atoms with Gasteiger partial charge in [0.05, 0.1) is 5.56 Å². The molecule has 0 heterocycles. The largest absolute Gasteiger partial charge is 0.457 e. The van der Waals surface area contributed by atoms with Gasteiger partial charge in [-0.15, -0.1) is 0 Å². The van der Waals surface area contributed by atoms with E-state index in [0.717, 1.165) is 5.56 Å². The zero-order valence-electron chi connectivity index (χ0n) is 16.4. The van der Waals surface area contributed by atoms with Gasteiger partial charge >= 0.3 is 0 Å². The molecule has 0 fully saturated rings. The van der Waals surface area contributed by atoms with E-state index in [1.54, 1.807) is 54.6 Å². The number of amides is 1. The summed E-state index contributed by atoms with van der Waals surface area (Å²) in [6.07, 6.45) is -1.19. The Kier molecular flexibility index (Phi) is 6.77. The standard InChI is InChI=1S/C23H22FN3O3/c1-29-21(23(28)27-14-15-10-12-16(13-11-15)22(25)26)20-18(24)8-5-9-19(20)30-17-6-3-2-4-7-17/h2-13,21H,14H2,1H3,(H3,25,26)(H,27,28)/t21-/m0/s1. The summed E-state index contributed by atoms with van der Waals surface area (Å²) in [6.45, 7) is 0.209. The van der Waals surface area contributed by atoms with Crippen molar-refractivity contribution < 1.29 is 18.7 Å². The van der Waals surface area contributed by atoms with Crippen molar-refractivity contribution in [2.45, 2.75) is 12.6 Å². The summed E-state index contributed by atoms with van der Waals surface area (Å²) in [6, 6.07) is 20.2. The molecule has 1 amide bonds. The van der Waals surface area contributed by atoms with Crippen LogP contribution in [0.3, 0.4) is 0 Å². The van der Waals surface area contributed by atoms with E-state index in [1.165, 1.54) is 19.2 Å². The van der Waals surface area contributed by atoms with Crippen molar-refractivity contribution in [3.8, 4) is 11.5 Å². The fourth-order valence-electron chi connectivity index (χ4n) is 2.92. The summed E-state index contributed by atoms with van der Waals surface area (Å²) in [5, 5.41) is 10.2. The van der Waals surface area contributed by atoms with Crippen LogP contribution in [0.25, 0.3) is 0 Å². The monoisotopic (exact) mass is 407 g/mol. The normalized spacial score (nSPS) is 11.5. The third-order valence-electron chi connectivity index (χ3n) is 4.45. The van der Waals surface area contributed by atoms with E-state index < -0.39 is 17.8 Å². The topological polar surface area (TPSA) is 97.4 Å². The zero-order valence-corrected chi connectivity index (χ0v) is 16.4. The molecule has 0 spiro atoms. The molecule has 3 aromatic rings. The molecule has 0 unspecified atom stereocenters. The number of halogens is 1. The van der Waals surface area contributed by atoms with Crippen LogP contribution in [0, 0.1) is 11.2 Å². The van der Waals surface area contributed by atoms with Crippen LogP contribution in [-0.2, 0) is 16.1 Å². The van der Waals surface area contributed by atoms with Gasteiger partial charge in [0.1, 0.15) is 23.2 Å². The van der Waals surface area contributed by atoms with Crippen LogP contribution < -0.4 is 15.8 Å². The Morgan fingerprint density at radius 3 is 2.40 bits per heavy atom. The average Bonchev–Trinajstić information content (AvgIpc) is 2.75. The number of carbonyl (C=O) groups is 1. The van der Waals surface area contributed by atoms with Gasteiger partial charge in [-0.05, 0) is 29.8 Å². The lowest BCUT2D eigenvalue weighted by molar-refractivity contribution is -0.131. The van der Waals surface area contributed by atoms with Gasteiger partial charge in [-0.1, -0.05) is 48.5 Å². The number of benzene rings is 3. The fourth-order valence-corrected chi connectivity index (χ4v) is 2.92. The molecule has 3 rings (SSSR count). The third kappa shape index (κ3) is 5.01. The number of methoxy groups -OCH3 is 1.